The number of unbranched alkanes of at least 4 members (excludes halogenated alkanes) is 6. The molecule has 0 spiro atoms. The lowest BCUT2D eigenvalue weighted by Gasteiger charge is -2.35. The van der Waals surface area contributed by atoms with Crippen molar-refractivity contribution in [2.45, 2.75) is 90.8 Å². The van der Waals surface area contributed by atoms with Crippen LogP contribution in [-0.4, -0.2) is 51.0 Å². The van der Waals surface area contributed by atoms with E-state index in [0.717, 1.165) is 19.5 Å². The first kappa shape index (κ1) is 23.8. The van der Waals surface area contributed by atoms with Gasteiger partial charge < -0.3 is 4.90 Å². The predicted octanol–water partition coefficient (Wildman–Crippen LogP) is 3.93. The maximum absolute atomic E-state index is 3.73. The van der Waals surface area contributed by atoms with E-state index in [1.165, 1.54) is 70.9 Å². The van der Waals surface area contributed by atoms with E-state index in [0.29, 0.717) is 0 Å². The average Bonchev–Trinajstić information content (AvgIpc) is 2.60. The molecule has 0 aromatic rings. The minimum atomic E-state index is -0.118. The highest BCUT2D eigenvalue weighted by Gasteiger charge is 2.24. The second-order valence-electron chi connectivity index (χ2n) is 7.05. The first-order valence-corrected chi connectivity index (χ1v) is 10.5. The fraction of sp³-hybridized carbons (Fsp3) is 1.00. The molecule has 0 aliphatic heterocycles. The van der Waals surface area contributed by atoms with Crippen molar-refractivity contribution in [1.29, 1.82) is 0 Å². The van der Waals surface area contributed by atoms with Gasteiger partial charge in [0.05, 0.1) is 0 Å². The van der Waals surface area contributed by atoms with Crippen LogP contribution in [0.15, 0.2) is 0 Å². The molecule has 146 valence electrons. The Kier molecular flexibility index (Phi) is 16.2. The topological polar surface area (TPSA) is 39.3 Å². The van der Waals surface area contributed by atoms with Gasteiger partial charge in [-0.1, -0.05) is 59.3 Å². The molecule has 0 amide bonds. The highest BCUT2D eigenvalue weighted by Crippen LogP contribution is 2.12. The fourth-order valence-electron chi connectivity index (χ4n) is 3.38. The van der Waals surface area contributed by atoms with E-state index in [2.05, 4.69) is 55.7 Å². The van der Waals surface area contributed by atoms with E-state index in [1.807, 2.05) is 0 Å². The van der Waals surface area contributed by atoms with Gasteiger partial charge >= 0.3 is 0 Å². The molecule has 24 heavy (non-hydrogen) atoms. The van der Waals surface area contributed by atoms with Crippen LogP contribution in [0.2, 0.25) is 0 Å². The van der Waals surface area contributed by atoms with Gasteiger partial charge in [-0.25, -0.2) is 0 Å². The third kappa shape index (κ3) is 11.4. The van der Waals surface area contributed by atoms with Gasteiger partial charge in [0.1, 0.15) is 5.79 Å². The van der Waals surface area contributed by atoms with Crippen molar-refractivity contribution in [3.63, 3.8) is 0 Å². The summed E-state index contributed by atoms with van der Waals surface area (Å²) >= 11 is 0. The number of hydrogen-bond acceptors (Lipinski definition) is 4. The number of hydrogen-bond donors (Lipinski definition) is 3. The van der Waals surface area contributed by atoms with Gasteiger partial charge in [0.2, 0.25) is 0 Å². The Labute approximate surface area is 152 Å². The molecule has 3 N–H and O–H groups in total. The molecule has 4 nitrogen and oxygen atoms in total. The summed E-state index contributed by atoms with van der Waals surface area (Å²) in [7, 11) is 4.11. The van der Waals surface area contributed by atoms with E-state index in [1.54, 1.807) is 0 Å². The van der Waals surface area contributed by atoms with Crippen LogP contribution in [0.25, 0.3) is 0 Å². The molecule has 0 heterocycles. The maximum atomic E-state index is 3.73. The van der Waals surface area contributed by atoms with E-state index < -0.39 is 0 Å². The van der Waals surface area contributed by atoms with Crippen molar-refractivity contribution in [3.8, 4) is 0 Å². The second-order valence-corrected chi connectivity index (χ2v) is 7.05. The van der Waals surface area contributed by atoms with Crippen molar-refractivity contribution >= 4 is 0 Å². The van der Waals surface area contributed by atoms with Crippen molar-refractivity contribution in [1.82, 2.24) is 20.9 Å². The van der Waals surface area contributed by atoms with Crippen LogP contribution in [0.5, 0.6) is 0 Å². The van der Waals surface area contributed by atoms with Crippen molar-refractivity contribution in [2.75, 3.05) is 40.3 Å². The Balaban J connectivity index is 4.06. The molecule has 0 rings (SSSR count). The van der Waals surface area contributed by atoms with Gasteiger partial charge in [-0.05, 0) is 52.9 Å². The first-order chi connectivity index (χ1) is 11.7. The van der Waals surface area contributed by atoms with Crippen molar-refractivity contribution in [3.05, 3.63) is 0 Å². The molecule has 0 aliphatic carbocycles. The molecular weight excluding hydrogens is 296 g/mol. The van der Waals surface area contributed by atoms with E-state index in [9.17, 15) is 0 Å². The monoisotopic (exact) mass is 342 g/mol. The number of nitrogens with one attached hydrogen (secondary N) is 3. The lowest BCUT2D eigenvalue weighted by atomic mass is 10.1. The summed E-state index contributed by atoms with van der Waals surface area (Å²) in [5.74, 6) is -0.118. The summed E-state index contributed by atoms with van der Waals surface area (Å²) in [4.78, 5) is 2.57. The Hall–Kier alpha value is -0.160. The second kappa shape index (κ2) is 16.3. The van der Waals surface area contributed by atoms with Crippen LogP contribution in [0.4, 0.5) is 0 Å². The van der Waals surface area contributed by atoms with Crippen LogP contribution in [0, 0.1) is 0 Å². The molecule has 0 bridgehead atoms. The standard InChI is InChI=1S/C20H46N4/c1-6-9-10-11-12-13-14-15-20(21-4,22-5)23-16-19-24(17-7-2)18-8-3/h21-23H,6-19H2,1-5H3. The third-order valence-electron chi connectivity index (χ3n) is 4.94. The minimum Gasteiger partial charge on any atom is -0.302 e. The molecule has 0 fully saturated rings. The highest BCUT2D eigenvalue weighted by molar-refractivity contribution is 4.80. The molecule has 0 aliphatic rings. The van der Waals surface area contributed by atoms with Gasteiger partial charge in [-0.3, -0.25) is 16.0 Å². The van der Waals surface area contributed by atoms with E-state index in [4.69, 9.17) is 0 Å². The molecule has 0 unspecified atom stereocenters. The quantitative estimate of drug-likeness (QED) is 0.261. The molecule has 4 heteroatoms. The van der Waals surface area contributed by atoms with Crippen molar-refractivity contribution < 1.29 is 0 Å². The van der Waals surface area contributed by atoms with Crippen LogP contribution < -0.4 is 16.0 Å². The minimum absolute atomic E-state index is 0.118. The van der Waals surface area contributed by atoms with Crippen LogP contribution in [0.3, 0.4) is 0 Å². The van der Waals surface area contributed by atoms with Gasteiger partial charge in [0, 0.05) is 13.1 Å². The van der Waals surface area contributed by atoms with Crippen LogP contribution in [-0.2, 0) is 0 Å². The Morgan fingerprint density at radius 3 is 1.71 bits per heavy atom. The Bertz CT molecular complexity index is 248. The third-order valence-corrected chi connectivity index (χ3v) is 4.94. The zero-order chi connectivity index (χ0) is 18.1. The van der Waals surface area contributed by atoms with Crippen molar-refractivity contribution in [2.24, 2.45) is 0 Å². The van der Waals surface area contributed by atoms with Gasteiger partial charge in [0.15, 0.2) is 0 Å². The predicted molar refractivity (Wildman–Crippen MR) is 108 cm³/mol. The smallest absolute Gasteiger partial charge is 0.122 e. The summed E-state index contributed by atoms with van der Waals surface area (Å²) in [5.41, 5.74) is 0. The van der Waals surface area contributed by atoms with Crippen LogP contribution in [0.1, 0.15) is 85.0 Å². The molecule has 0 saturated carbocycles. The number of nitrogens with zero attached hydrogens (tertiary/aromatic N) is 1. The van der Waals surface area contributed by atoms with Gasteiger partial charge in [-0.2, -0.15) is 0 Å². The Morgan fingerprint density at radius 1 is 0.667 bits per heavy atom. The van der Waals surface area contributed by atoms with E-state index >= 15 is 0 Å². The SMILES string of the molecule is CCCCCCCCCC(NC)(NC)NCCN(CCC)CCC. The fourth-order valence-corrected chi connectivity index (χ4v) is 3.38. The van der Waals surface area contributed by atoms with E-state index in [-0.39, 0.29) is 5.79 Å². The largest absolute Gasteiger partial charge is 0.302 e. The molecular formula is C20H46N4. The molecule has 0 radical (unpaired) electrons. The molecule has 0 saturated heterocycles. The zero-order valence-electron chi connectivity index (χ0n) is 17.3. The highest BCUT2D eigenvalue weighted by atomic mass is 15.3. The summed E-state index contributed by atoms with van der Waals surface area (Å²) in [6, 6.07) is 0. The lowest BCUT2D eigenvalue weighted by Crippen LogP contribution is -2.65. The molecule has 0 atom stereocenters. The Morgan fingerprint density at radius 2 is 1.21 bits per heavy atom. The lowest BCUT2D eigenvalue weighted by molar-refractivity contribution is 0.186. The zero-order valence-corrected chi connectivity index (χ0v) is 17.3. The average molecular weight is 343 g/mol. The van der Waals surface area contributed by atoms with Crippen LogP contribution >= 0.6 is 0 Å². The normalized spacial score (nSPS) is 12.2. The summed E-state index contributed by atoms with van der Waals surface area (Å²) in [6.07, 6.45) is 13.1. The molecule has 0 aromatic heterocycles. The molecule has 0 aromatic carbocycles. The van der Waals surface area contributed by atoms with Gasteiger partial charge in [-0.15, -0.1) is 0 Å². The summed E-state index contributed by atoms with van der Waals surface area (Å²) in [5, 5.41) is 10.7. The summed E-state index contributed by atoms with van der Waals surface area (Å²) in [6.45, 7) is 11.4. The summed E-state index contributed by atoms with van der Waals surface area (Å²) < 4.78 is 0. The maximum Gasteiger partial charge on any atom is 0.122 e. The number of rotatable bonds is 18. The van der Waals surface area contributed by atoms with Gasteiger partial charge in [0.25, 0.3) is 0 Å². The first-order valence-electron chi connectivity index (χ1n) is 10.5.